The molecule has 2 rings (SSSR count). The van der Waals surface area contributed by atoms with Crippen LogP contribution in [0.3, 0.4) is 0 Å². The minimum atomic E-state index is -0.624. The monoisotopic (exact) mass is 212 g/mol. The summed E-state index contributed by atoms with van der Waals surface area (Å²) in [6.07, 6.45) is 3.00. The SMILES string of the molecule is OC1(Cc2ccc(Cl)cn2)CCNC1. The highest BCUT2D eigenvalue weighted by Gasteiger charge is 2.31. The predicted molar refractivity (Wildman–Crippen MR) is 55.4 cm³/mol. The van der Waals surface area contributed by atoms with Crippen molar-refractivity contribution in [1.82, 2.24) is 10.3 Å². The molecule has 2 N–H and O–H groups in total. The molecule has 14 heavy (non-hydrogen) atoms. The summed E-state index contributed by atoms with van der Waals surface area (Å²) >= 11 is 5.73. The maximum absolute atomic E-state index is 10.1. The van der Waals surface area contributed by atoms with E-state index < -0.39 is 5.60 Å². The van der Waals surface area contributed by atoms with Crippen molar-refractivity contribution >= 4 is 11.6 Å². The van der Waals surface area contributed by atoms with Gasteiger partial charge in [-0.05, 0) is 25.1 Å². The quantitative estimate of drug-likeness (QED) is 0.769. The Morgan fingerprint density at radius 2 is 2.43 bits per heavy atom. The molecule has 0 bridgehead atoms. The van der Waals surface area contributed by atoms with Crippen LogP contribution in [0.4, 0.5) is 0 Å². The van der Waals surface area contributed by atoms with Crippen molar-refractivity contribution in [2.45, 2.75) is 18.4 Å². The molecule has 1 aliphatic heterocycles. The third-order valence-corrected chi connectivity index (χ3v) is 2.74. The number of rotatable bonds is 2. The van der Waals surface area contributed by atoms with Gasteiger partial charge in [0.25, 0.3) is 0 Å². The number of aromatic nitrogens is 1. The zero-order valence-electron chi connectivity index (χ0n) is 7.83. The Morgan fingerprint density at radius 1 is 1.57 bits per heavy atom. The smallest absolute Gasteiger partial charge is 0.0838 e. The Kier molecular flexibility index (Phi) is 2.72. The number of hydrogen-bond donors (Lipinski definition) is 2. The maximum Gasteiger partial charge on any atom is 0.0838 e. The summed E-state index contributed by atoms with van der Waals surface area (Å²) < 4.78 is 0. The van der Waals surface area contributed by atoms with Crippen molar-refractivity contribution in [3.8, 4) is 0 Å². The van der Waals surface area contributed by atoms with Gasteiger partial charge in [0.1, 0.15) is 0 Å². The number of aliphatic hydroxyl groups is 1. The fourth-order valence-corrected chi connectivity index (χ4v) is 1.84. The Bertz CT molecular complexity index is 306. The zero-order chi connectivity index (χ0) is 10.0. The molecule has 1 aromatic heterocycles. The number of β-amino-alcohol motifs (C(OH)–C–C–N with tert-alkyl or cyclic N) is 1. The van der Waals surface area contributed by atoms with Crippen molar-refractivity contribution in [3.05, 3.63) is 29.0 Å². The number of pyridine rings is 1. The average molecular weight is 213 g/mol. The highest BCUT2D eigenvalue weighted by Crippen LogP contribution is 2.19. The van der Waals surface area contributed by atoms with Gasteiger partial charge in [-0.3, -0.25) is 4.98 Å². The van der Waals surface area contributed by atoms with Crippen molar-refractivity contribution in [1.29, 1.82) is 0 Å². The second kappa shape index (κ2) is 3.85. The van der Waals surface area contributed by atoms with Gasteiger partial charge >= 0.3 is 0 Å². The van der Waals surface area contributed by atoms with E-state index in [0.717, 1.165) is 18.7 Å². The van der Waals surface area contributed by atoms with Crippen LogP contribution >= 0.6 is 11.6 Å². The van der Waals surface area contributed by atoms with Crippen LogP contribution in [0.2, 0.25) is 5.02 Å². The van der Waals surface area contributed by atoms with E-state index in [4.69, 9.17) is 11.6 Å². The summed E-state index contributed by atoms with van der Waals surface area (Å²) in [6.45, 7) is 1.53. The van der Waals surface area contributed by atoms with Gasteiger partial charge in [0, 0.05) is 24.9 Å². The molecule has 0 aromatic carbocycles. The highest BCUT2D eigenvalue weighted by atomic mass is 35.5. The largest absolute Gasteiger partial charge is 0.388 e. The van der Waals surface area contributed by atoms with E-state index >= 15 is 0 Å². The van der Waals surface area contributed by atoms with E-state index in [2.05, 4.69) is 10.3 Å². The Balaban J connectivity index is 2.06. The molecular weight excluding hydrogens is 200 g/mol. The van der Waals surface area contributed by atoms with Crippen LogP contribution in [0.15, 0.2) is 18.3 Å². The van der Waals surface area contributed by atoms with Gasteiger partial charge in [0.2, 0.25) is 0 Å². The van der Waals surface area contributed by atoms with Crippen molar-refractivity contribution in [3.63, 3.8) is 0 Å². The molecule has 4 heteroatoms. The fraction of sp³-hybridized carbons (Fsp3) is 0.500. The first-order valence-corrected chi connectivity index (χ1v) is 5.09. The molecule has 1 atom stereocenters. The Morgan fingerprint density at radius 3 is 3.00 bits per heavy atom. The number of hydrogen-bond acceptors (Lipinski definition) is 3. The number of halogens is 1. The van der Waals surface area contributed by atoms with Gasteiger partial charge in [-0.1, -0.05) is 11.6 Å². The van der Waals surface area contributed by atoms with Crippen LogP contribution in [0.5, 0.6) is 0 Å². The molecular formula is C10H13ClN2O. The summed E-state index contributed by atoms with van der Waals surface area (Å²) in [5.41, 5.74) is 0.265. The van der Waals surface area contributed by atoms with E-state index in [9.17, 15) is 5.11 Å². The normalized spacial score (nSPS) is 26.7. The summed E-state index contributed by atoms with van der Waals surface area (Å²) in [6, 6.07) is 3.66. The Hall–Kier alpha value is -0.640. The molecule has 76 valence electrons. The van der Waals surface area contributed by atoms with Crippen molar-refractivity contribution < 1.29 is 5.11 Å². The second-order valence-corrected chi connectivity index (χ2v) is 4.23. The average Bonchev–Trinajstić information content (AvgIpc) is 2.57. The van der Waals surface area contributed by atoms with Crippen molar-refractivity contribution in [2.75, 3.05) is 13.1 Å². The van der Waals surface area contributed by atoms with E-state index in [1.54, 1.807) is 12.3 Å². The van der Waals surface area contributed by atoms with Gasteiger partial charge < -0.3 is 10.4 Å². The summed E-state index contributed by atoms with van der Waals surface area (Å²) in [7, 11) is 0. The number of nitrogens with zero attached hydrogens (tertiary/aromatic N) is 1. The van der Waals surface area contributed by atoms with E-state index in [0.29, 0.717) is 18.0 Å². The Labute approximate surface area is 88.1 Å². The molecule has 0 saturated carbocycles. The third kappa shape index (κ3) is 2.23. The molecule has 1 unspecified atom stereocenters. The molecule has 1 saturated heterocycles. The minimum absolute atomic E-state index is 0.594. The molecule has 2 heterocycles. The molecule has 0 aliphatic carbocycles. The summed E-state index contributed by atoms with van der Waals surface area (Å²) in [4.78, 5) is 4.17. The van der Waals surface area contributed by atoms with Crippen LogP contribution in [-0.4, -0.2) is 28.8 Å². The summed E-state index contributed by atoms with van der Waals surface area (Å²) in [5, 5.41) is 13.8. The van der Waals surface area contributed by atoms with Gasteiger partial charge in [-0.15, -0.1) is 0 Å². The molecule has 0 amide bonds. The first-order valence-electron chi connectivity index (χ1n) is 4.72. The zero-order valence-corrected chi connectivity index (χ0v) is 8.59. The van der Waals surface area contributed by atoms with Crippen LogP contribution < -0.4 is 5.32 Å². The van der Waals surface area contributed by atoms with Crippen LogP contribution in [0, 0.1) is 0 Å². The van der Waals surface area contributed by atoms with Gasteiger partial charge in [0.15, 0.2) is 0 Å². The van der Waals surface area contributed by atoms with E-state index in [-0.39, 0.29) is 0 Å². The highest BCUT2D eigenvalue weighted by molar-refractivity contribution is 6.30. The second-order valence-electron chi connectivity index (χ2n) is 3.80. The third-order valence-electron chi connectivity index (χ3n) is 2.52. The number of nitrogens with one attached hydrogen (secondary N) is 1. The van der Waals surface area contributed by atoms with Gasteiger partial charge in [0.05, 0.1) is 10.6 Å². The van der Waals surface area contributed by atoms with Crippen LogP contribution in [0.1, 0.15) is 12.1 Å². The maximum atomic E-state index is 10.1. The molecule has 1 fully saturated rings. The molecule has 1 aliphatic rings. The van der Waals surface area contributed by atoms with Gasteiger partial charge in [-0.2, -0.15) is 0 Å². The fourth-order valence-electron chi connectivity index (χ4n) is 1.73. The van der Waals surface area contributed by atoms with Gasteiger partial charge in [-0.25, -0.2) is 0 Å². The first kappa shape index (κ1) is 9.90. The molecule has 0 radical (unpaired) electrons. The van der Waals surface area contributed by atoms with E-state index in [1.165, 1.54) is 0 Å². The molecule has 3 nitrogen and oxygen atoms in total. The minimum Gasteiger partial charge on any atom is -0.388 e. The lowest BCUT2D eigenvalue weighted by molar-refractivity contribution is 0.0609. The first-order chi connectivity index (χ1) is 6.68. The standard InChI is InChI=1S/C10H13ClN2O/c11-8-1-2-9(13-6-8)5-10(14)3-4-12-7-10/h1-2,6,12,14H,3-5,7H2. The van der Waals surface area contributed by atoms with Crippen LogP contribution in [-0.2, 0) is 6.42 Å². The summed E-state index contributed by atoms with van der Waals surface area (Å²) in [5.74, 6) is 0. The lowest BCUT2D eigenvalue weighted by Crippen LogP contribution is -2.34. The predicted octanol–water partition coefficient (Wildman–Crippen LogP) is 1.00. The lowest BCUT2D eigenvalue weighted by Gasteiger charge is -2.20. The topological polar surface area (TPSA) is 45.2 Å². The molecule has 0 spiro atoms. The lowest BCUT2D eigenvalue weighted by atomic mass is 9.97. The molecule has 1 aromatic rings. The van der Waals surface area contributed by atoms with Crippen LogP contribution in [0.25, 0.3) is 0 Å². The van der Waals surface area contributed by atoms with Crippen molar-refractivity contribution in [2.24, 2.45) is 0 Å². The van der Waals surface area contributed by atoms with E-state index in [1.807, 2.05) is 6.07 Å².